The molecule has 0 aliphatic heterocycles. The van der Waals surface area contributed by atoms with Crippen LogP contribution in [0.3, 0.4) is 0 Å². The lowest BCUT2D eigenvalue weighted by Crippen LogP contribution is -2.19. The van der Waals surface area contributed by atoms with Crippen molar-refractivity contribution in [2.75, 3.05) is 5.32 Å². The molecule has 0 unspecified atom stereocenters. The number of anilines is 2. The highest BCUT2D eigenvalue weighted by atomic mass is 19.4. The van der Waals surface area contributed by atoms with Gasteiger partial charge >= 0.3 is 12.1 Å². The summed E-state index contributed by atoms with van der Waals surface area (Å²) in [6.07, 6.45) is 0.746. The number of aryl methyl sites for hydroxylation is 1. The Balaban J connectivity index is 1.31. The summed E-state index contributed by atoms with van der Waals surface area (Å²) in [6.45, 7) is 1.59. The molecule has 0 spiro atoms. The van der Waals surface area contributed by atoms with Gasteiger partial charge in [0.15, 0.2) is 0 Å². The standard InChI is InChI=1S/C33H23F3N6O4/c1-19-17-42(18-40-19)26-14-21(31(37)43)15-27(30(26)33(34,35)36)46-32(44)25-6-4-5-20-13-22(8-9-24(20)25)45-23-10-12-39-29(16-23)41-28-7-2-3-11-38-28/h2-18H,1H3,(H2,37,43)(H,38,39,41). The Morgan fingerprint density at radius 1 is 0.870 bits per heavy atom. The Kier molecular flexibility index (Phi) is 7.80. The number of rotatable bonds is 8. The van der Waals surface area contributed by atoms with Gasteiger partial charge in [0.1, 0.15) is 34.4 Å². The van der Waals surface area contributed by atoms with Crippen LogP contribution in [-0.2, 0) is 6.18 Å². The second-order valence-corrected chi connectivity index (χ2v) is 10.0. The van der Waals surface area contributed by atoms with Crippen LogP contribution in [0.2, 0.25) is 0 Å². The molecular formula is C33H23F3N6O4. The van der Waals surface area contributed by atoms with E-state index in [-0.39, 0.29) is 11.1 Å². The molecule has 1 amide bonds. The number of fused-ring (bicyclic) bond motifs is 1. The lowest BCUT2D eigenvalue weighted by Gasteiger charge is -2.19. The number of amides is 1. The van der Waals surface area contributed by atoms with E-state index in [9.17, 15) is 22.8 Å². The van der Waals surface area contributed by atoms with Gasteiger partial charge in [-0.3, -0.25) is 4.79 Å². The van der Waals surface area contributed by atoms with Gasteiger partial charge in [0.2, 0.25) is 5.91 Å². The maximum absolute atomic E-state index is 14.4. The van der Waals surface area contributed by atoms with E-state index < -0.39 is 35.1 Å². The number of primary amides is 1. The number of nitrogens with zero attached hydrogens (tertiary/aromatic N) is 4. The zero-order valence-corrected chi connectivity index (χ0v) is 23.9. The molecule has 0 fully saturated rings. The fraction of sp³-hybridized carbons (Fsp3) is 0.0606. The van der Waals surface area contributed by atoms with Crippen LogP contribution in [0.25, 0.3) is 16.5 Å². The number of hydrogen-bond donors (Lipinski definition) is 2. The van der Waals surface area contributed by atoms with Crippen molar-refractivity contribution in [3.8, 4) is 22.9 Å². The van der Waals surface area contributed by atoms with Crippen molar-refractivity contribution in [3.63, 3.8) is 0 Å². The molecule has 0 atom stereocenters. The zero-order valence-electron chi connectivity index (χ0n) is 23.9. The quantitative estimate of drug-likeness (QED) is 0.137. The first-order valence-electron chi connectivity index (χ1n) is 13.7. The Labute approximate surface area is 259 Å². The summed E-state index contributed by atoms with van der Waals surface area (Å²) in [6, 6.07) is 20.1. The highest BCUT2D eigenvalue weighted by Gasteiger charge is 2.39. The minimum Gasteiger partial charge on any atom is -0.457 e. The van der Waals surface area contributed by atoms with Crippen LogP contribution < -0.4 is 20.5 Å². The van der Waals surface area contributed by atoms with Gasteiger partial charge in [-0.2, -0.15) is 13.2 Å². The number of nitrogens with two attached hydrogens (primary N) is 1. The van der Waals surface area contributed by atoms with E-state index in [2.05, 4.69) is 20.3 Å². The van der Waals surface area contributed by atoms with Crippen LogP contribution in [0.15, 0.2) is 104 Å². The number of alkyl halides is 3. The van der Waals surface area contributed by atoms with Crippen molar-refractivity contribution >= 4 is 34.3 Å². The van der Waals surface area contributed by atoms with E-state index in [1.807, 2.05) is 6.07 Å². The number of ether oxygens (including phenoxy) is 2. The summed E-state index contributed by atoms with van der Waals surface area (Å²) < 4.78 is 55.8. The third-order valence-electron chi connectivity index (χ3n) is 6.80. The van der Waals surface area contributed by atoms with Crippen molar-refractivity contribution in [2.24, 2.45) is 5.73 Å². The molecule has 0 aliphatic rings. The third kappa shape index (κ3) is 6.33. The van der Waals surface area contributed by atoms with Crippen molar-refractivity contribution in [2.45, 2.75) is 13.1 Å². The van der Waals surface area contributed by atoms with Gasteiger partial charge in [0.05, 0.1) is 23.3 Å². The number of hydrogen-bond acceptors (Lipinski definition) is 8. The molecule has 13 heteroatoms. The molecule has 3 aromatic carbocycles. The first-order valence-corrected chi connectivity index (χ1v) is 13.7. The second kappa shape index (κ2) is 12.0. The smallest absolute Gasteiger partial charge is 0.422 e. The fourth-order valence-corrected chi connectivity index (χ4v) is 4.77. The molecule has 6 aromatic rings. The Morgan fingerprint density at radius 2 is 1.67 bits per heavy atom. The molecule has 10 nitrogen and oxygen atoms in total. The van der Waals surface area contributed by atoms with Crippen molar-refractivity contribution < 1.29 is 32.2 Å². The monoisotopic (exact) mass is 624 g/mol. The molecule has 0 saturated heterocycles. The Hall–Kier alpha value is -6.24. The SMILES string of the molecule is Cc1cn(-c2cc(C(N)=O)cc(OC(=O)c3cccc4cc(Oc5ccnc(Nc6ccccn6)c5)ccc34)c2C(F)(F)F)cn1. The molecule has 6 rings (SSSR count). The Bertz CT molecular complexity index is 2100. The largest absolute Gasteiger partial charge is 0.457 e. The van der Waals surface area contributed by atoms with Crippen LogP contribution in [-0.4, -0.2) is 31.4 Å². The van der Waals surface area contributed by atoms with Crippen LogP contribution in [0.5, 0.6) is 17.2 Å². The molecule has 3 aromatic heterocycles. The van der Waals surface area contributed by atoms with E-state index in [4.69, 9.17) is 15.2 Å². The van der Waals surface area contributed by atoms with E-state index >= 15 is 0 Å². The molecule has 46 heavy (non-hydrogen) atoms. The van der Waals surface area contributed by atoms with Gasteiger partial charge in [0.25, 0.3) is 0 Å². The molecule has 3 N–H and O–H groups in total. The number of carbonyl (C=O) groups is 2. The summed E-state index contributed by atoms with van der Waals surface area (Å²) in [4.78, 5) is 37.9. The van der Waals surface area contributed by atoms with Crippen LogP contribution in [0.4, 0.5) is 24.8 Å². The van der Waals surface area contributed by atoms with Gasteiger partial charge in [-0.25, -0.2) is 19.7 Å². The number of pyridine rings is 2. The number of aromatic nitrogens is 4. The van der Waals surface area contributed by atoms with Gasteiger partial charge in [-0.1, -0.05) is 18.2 Å². The molecule has 0 radical (unpaired) electrons. The highest BCUT2D eigenvalue weighted by molar-refractivity contribution is 6.06. The van der Waals surface area contributed by atoms with Crippen LogP contribution in [0.1, 0.15) is 32.0 Å². The molecule has 0 aliphatic carbocycles. The molecule has 3 heterocycles. The summed E-state index contributed by atoms with van der Waals surface area (Å²) in [5.74, 6) is -0.932. The van der Waals surface area contributed by atoms with Crippen LogP contribution >= 0.6 is 0 Å². The number of imidazole rings is 1. The van der Waals surface area contributed by atoms with Crippen molar-refractivity contribution in [1.29, 1.82) is 0 Å². The fourth-order valence-electron chi connectivity index (χ4n) is 4.77. The van der Waals surface area contributed by atoms with E-state index in [1.165, 1.54) is 12.3 Å². The topological polar surface area (TPSA) is 134 Å². The molecule has 230 valence electrons. The summed E-state index contributed by atoms with van der Waals surface area (Å²) in [7, 11) is 0. The average molecular weight is 625 g/mol. The maximum Gasteiger partial charge on any atom is 0.422 e. The van der Waals surface area contributed by atoms with Gasteiger partial charge in [-0.15, -0.1) is 0 Å². The predicted molar refractivity (Wildman–Crippen MR) is 163 cm³/mol. The van der Waals surface area contributed by atoms with Gasteiger partial charge in [-0.05, 0) is 72.3 Å². The highest BCUT2D eigenvalue weighted by Crippen LogP contribution is 2.42. The lowest BCUT2D eigenvalue weighted by molar-refractivity contribution is -0.138. The summed E-state index contributed by atoms with van der Waals surface area (Å²) in [5.41, 5.74) is 3.81. The van der Waals surface area contributed by atoms with E-state index in [0.29, 0.717) is 39.6 Å². The van der Waals surface area contributed by atoms with Crippen molar-refractivity contribution in [3.05, 3.63) is 126 Å². The number of esters is 1. The minimum atomic E-state index is -4.97. The molecule has 0 saturated carbocycles. The Morgan fingerprint density at radius 3 is 2.39 bits per heavy atom. The number of halogens is 3. The summed E-state index contributed by atoms with van der Waals surface area (Å²) >= 11 is 0. The average Bonchev–Trinajstić information content (AvgIpc) is 3.46. The van der Waals surface area contributed by atoms with E-state index in [0.717, 1.165) is 23.0 Å². The van der Waals surface area contributed by atoms with Gasteiger partial charge in [0, 0.05) is 30.2 Å². The normalized spacial score (nSPS) is 11.3. The van der Waals surface area contributed by atoms with E-state index in [1.54, 1.807) is 73.9 Å². The molecular weight excluding hydrogens is 601 g/mol. The number of carbonyl (C=O) groups excluding carboxylic acids is 2. The lowest BCUT2D eigenvalue weighted by atomic mass is 10.0. The number of benzene rings is 3. The minimum absolute atomic E-state index is 0.00700. The predicted octanol–water partition coefficient (Wildman–Crippen LogP) is 7.00. The summed E-state index contributed by atoms with van der Waals surface area (Å²) in [5, 5.41) is 4.04. The third-order valence-corrected chi connectivity index (χ3v) is 6.80. The van der Waals surface area contributed by atoms with Crippen molar-refractivity contribution in [1.82, 2.24) is 19.5 Å². The maximum atomic E-state index is 14.4. The molecule has 0 bridgehead atoms. The van der Waals surface area contributed by atoms with Crippen LogP contribution in [0, 0.1) is 6.92 Å². The van der Waals surface area contributed by atoms with Gasteiger partial charge < -0.3 is 25.1 Å². The first-order chi connectivity index (χ1) is 22.0. The number of nitrogens with one attached hydrogen (secondary N) is 1. The zero-order chi connectivity index (χ0) is 32.4. The second-order valence-electron chi connectivity index (χ2n) is 10.0. The first kappa shape index (κ1) is 29.8.